The first kappa shape index (κ1) is 13.6. The van der Waals surface area contributed by atoms with E-state index in [4.69, 9.17) is 9.47 Å². The second-order valence-corrected chi connectivity index (χ2v) is 6.04. The first-order valence-electron chi connectivity index (χ1n) is 8.07. The molecule has 0 radical (unpaired) electrons. The van der Waals surface area contributed by atoms with Gasteiger partial charge in [-0.05, 0) is 18.1 Å². The first-order chi connectivity index (χ1) is 10.9. The smallest absolute Gasteiger partial charge is 0.165 e. The minimum Gasteiger partial charge on any atom is -0.490 e. The van der Waals surface area contributed by atoms with Crippen LogP contribution in [0.5, 0.6) is 11.5 Å². The quantitative estimate of drug-likeness (QED) is 0.936. The van der Waals surface area contributed by atoms with Gasteiger partial charge in [0, 0.05) is 30.5 Å². The Labute approximate surface area is 131 Å². The molecule has 1 aliphatic heterocycles. The van der Waals surface area contributed by atoms with Crippen molar-refractivity contribution in [2.75, 3.05) is 13.2 Å². The lowest BCUT2D eigenvalue weighted by molar-refractivity contribution is 0.296. The van der Waals surface area contributed by atoms with Crippen LogP contribution < -0.4 is 14.8 Å². The summed E-state index contributed by atoms with van der Waals surface area (Å²) in [5.74, 6) is 2.46. The molecule has 4 rings (SSSR count). The monoisotopic (exact) mass is 295 g/mol. The molecule has 3 nitrogen and oxygen atoms in total. The Kier molecular flexibility index (Phi) is 3.73. The number of ether oxygens (including phenoxy) is 2. The van der Waals surface area contributed by atoms with Crippen LogP contribution in [0.4, 0.5) is 0 Å². The summed E-state index contributed by atoms with van der Waals surface area (Å²) in [6.45, 7) is 2.31. The molecule has 2 unspecified atom stereocenters. The highest BCUT2D eigenvalue weighted by Crippen LogP contribution is 2.41. The third-order valence-corrected chi connectivity index (χ3v) is 4.43. The van der Waals surface area contributed by atoms with Gasteiger partial charge in [0.25, 0.3) is 0 Å². The van der Waals surface area contributed by atoms with Crippen LogP contribution in [0.3, 0.4) is 0 Å². The van der Waals surface area contributed by atoms with Crippen molar-refractivity contribution in [1.82, 2.24) is 5.32 Å². The molecule has 3 heteroatoms. The molecule has 22 heavy (non-hydrogen) atoms. The molecule has 1 N–H and O–H groups in total. The number of nitrogens with one attached hydrogen (secondary N) is 1. The van der Waals surface area contributed by atoms with Gasteiger partial charge in [0.15, 0.2) is 11.5 Å². The predicted octanol–water partition coefficient (Wildman–Crippen LogP) is 3.49. The lowest BCUT2D eigenvalue weighted by Gasteiger charge is -2.13. The maximum Gasteiger partial charge on any atom is 0.165 e. The lowest BCUT2D eigenvalue weighted by Crippen LogP contribution is -2.18. The van der Waals surface area contributed by atoms with E-state index in [0.717, 1.165) is 37.7 Å². The van der Waals surface area contributed by atoms with Gasteiger partial charge in [-0.25, -0.2) is 0 Å². The van der Waals surface area contributed by atoms with Gasteiger partial charge in [-0.2, -0.15) is 0 Å². The van der Waals surface area contributed by atoms with E-state index < -0.39 is 0 Å². The number of hydrogen-bond donors (Lipinski definition) is 1. The van der Waals surface area contributed by atoms with E-state index in [1.54, 1.807) is 0 Å². The topological polar surface area (TPSA) is 30.5 Å². The summed E-state index contributed by atoms with van der Waals surface area (Å²) in [6.07, 6.45) is 2.16. The van der Waals surface area contributed by atoms with Crippen molar-refractivity contribution in [2.45, 2.75) is 31.3 Å². The van der Waals surface area contributed by atoms with Gasteiger partial charge in [0.05, 0.1) is 13.2 Å². The molecule has 0 saturated heterocycles. The Morgan fingerprint density at radius 2 is 1.82 bits per heavy atom. The van der Waals surface area contributed by atoms with Crippen LogP contribution in [-0.2, 0) is 6.54 Å². The molecule has 2 aliphatic rings. The van der Waals surface area contributed by atoms with Crippen LogP contribution in [-0.4, -0.2) is 19.3 Å². The highest BCUT2D eigenvalue weighted by atomic mass is 16.5. The second-order valence-electron chi connectivity index (χ2n) is 6.04. The van der Waals surface area contributed by atoms with E-state index in [9.17, 15) is 0 Å². The van der Waals surface area contributed by atoms with Crippen molar-refractivity contribution in [2.24, 2.45) is 0 Å². The Morgan fingerprint density at radius 1 is 0.955 bits per heavy atom. The summed E-state index contributed by atoms with van der Waals surface area (Å²) in [6, 6.07) is 17.5. The maximum atomic E-state index is 5.88. The molecule has 2 aromatic rings. The maximum absolute atomic E-state index is 5.88. The third-order valence-electron chi connectivity index (χ3n) is 4.43. The van der Waals surface area contributed by atoms with Gasteiger partial charge in [0.2, 0.25) is 0 Å². The molecule has 1 aliphatic carbocycles. The fraction of sp³-hybridized carbons (Fsp3) is 0.368. The van der Waals surface area contributed by atoms with E-state index in [-0.39, 0.29) is 0 Å². The Balaban J connectivity index is 1.41. The number of benzene rings is 2. The predicted molar refractivity (Wildman–Crippen MR) is 86.5 cm³/mol. The number of rotatable bonds is 4. The minimum absolute atomic E-state index is 0.574. The van der Waals surface area contributed by atoms with E-state index >= 15 is 0 Å². The molecule has 0 aromatic heterocycles. The largest absolute Gasteiger partial charge is 0.490 e. The summed E-state index contributed by atoms with van der Waals surface area (Å²) in [5, 5.41) is 3.66. The third kappa shape index (κ3) is 2.81. The second kappa shape index (κ2) is 6.01. The van der Waals surface area contributed by atoms with Crippen LogP contribution in [0, 0.1) is 0 Å². The average Bonchev–Trinajstić information content (AvgIpc) is 3.37. The molecule has 0 amide bonds. The summed E-state index contributed by atoms with van der Waals surface area (Å²) < 4.78 is 11.6. The van der Waals surface area contributed by atoms with Gasteiger partial charge < -0.3 is 14.8 Å². The van der Waals surface area contributed by atoms with E-state index in [1.807, 2.05) is 12.1 Å². The lowest BCUT2D eigenvalue weighted by atomic mass is 10.1. The van der Waals surface area contributed by atoms with Crippen LogP contribution in [0.1, 0.15) is 29.9 Å². The Bertz CT molecular complexity index is 641. The van der Waals surface area contributed by atoms with Crippen molar-refractivity contribution in [1.29, 1.82) is 0 Å². The van der Waals surface area contributed by atoms with Crippen molar-refractivity contribution in [3.05, 3.63) is 59.7 Å². The Morgan fingerprint density at radius 3 is 2.73 bits per heavy atom. The number of para-hydroxylation sites is 1. The number of hydrogen-bond acceptors (Lipinski definition) is 3. The Hall–Kier alpha value is -2.00. The van der Waals surface area contributed by atoms with E-state index in [1.165, 1.54) is 17.5 Å². The van der Waals surface area contributed by atoms with Crippen LogP contribution in [0.2, 0.25) is 0 Å². The van der Waals surface area contributed by atoms with Crippen LogP contribution in [0.25, 0.3) is 0 Å². The van der Waals surface area contributed by atoms with Gasteiger partial charge in [-0.15, -0.1) is 0 Å². The minimum atomic E-state index is 0.574. The zero-order chi connectivity index (χ0) is 14.8. The van der Waals surface area contributed by atoms with Crippen molar-refractivity contribution in [3.63, 3.8) is 0 Å². The molecular formula is C19H21NO2. The van der Waals surface area contributed by atoms with E-state index in [0.29, 0.717) is 12.0 Å². The highest BCUT2D eigenvalue weighted by molar-refractivity contribution is 5.47. The molecule has 114 valence electrons. The van der Waals surface area contributed by atoms with Gasteiger partial charge in [-0.3, -0.25) is 0 Å². The van der Waals surface area contributed by atoms with Gasteiger partial charge in [0.1, 0.15) is 0 Å². The van der Waals surface area contributed by atoms with Crippen molar-refractivity contribution in [3.8, 4) is 11.5 Å². The molecule has 1 heterocycles. The molecule has 0 bridgehead atoms. The zero-order valence-corrected chi connectivity index (χ0v) is 12.6. The number of fused-ring (bicyclic) bond motifs is 1. The first-order valence-corrected chi connectivity index (χ1v) is 8.07. The SMILES string of the molecule is c1ccc(C2CC2NCc2cccc3c2OCCCO3)cc1. The fourth-order valence-corrected chi connectivity index (χ4v) is 3.12. The normalized spacial score (nSPS) is 22.9. The van der Waals surface area contributed by atoms with E-state index in [2.05, 4.69) is 41.7 Å². The summed E-state index contributed by atoms with van der Waals surface area (Å²) in [4.78, 5) is 0. The van der Waals surface area contributed by atoms with Gasteiger partial charge >= 0.3 is 0 Å². The molecule has 1 fully saturated rings. The van der Waals surface area contributed by atoms with Crippen molar-refractivity contribution < 1.29 is 9.47 Å². The summed E-state index contributed by atoms with van der Waals surface area (Å²) in [5.41, 5.74) is 2.63. The zero-order valence-electron chi connectivity index (χ0n) is 12.6. The standard InChI is InChI=1S/C19H21NO2/c1-2-6-14(7-3-1)16-12-17(16)20-13-15-8-4-9-18-19(15)22-11-5-10-21-18/h1-4,6-9,16-17,20H,5,10-13H2. The molecule has 2 atom stereocenters. The van der Waals surface area contributed by atoms with Gasteiger partial charge in [-0.1, -0.05) is 42.5 Å². The molecule has 1 saturated carbocycles. The highest BCUT2D eigenvalue weighted by Gasteiger charge is 2.37. The summed E-state index contributed by atoms with van der Waals surface area (Å²) >= 11 is 0. The van der Waals surface area contributed by atoms with Crippen LogP contribution in [0.15, 0.2) is 48.5 Å². The molecule has 2 aromatic carbocycles. The van der Waals surface area contributed by atoms with Crippen molar-refractivity contribution >= 4 is 0 Å². The fourth-order valence-electron chi connectivity index (χ4n) is 3.12. The molecular weight excluding hydrogens is 274 g/mol. The van der Waals surface area contributed by atoms with Crippen LogP contribution >= 0.6 is 0 Å². The average molecular weight is 295 g/mol. The molecule has 0 spiro atoms. The summed E-state index contributed by atoms with van der Waals surface area (Å²) in [7, 11) is 0.